The number of ether oxygens (including phenoxy) is 1. The quantitative estimate of drug-likeness (QED) is 0.717. The molecule has 0 amide bonds. The Bertz CT molecular complexity index is 536. The molecule has 7 heteroatoms. The molecule has 1 aromatic rings. The summed E-state index contributed by atoms with van der Waals surface area (Å²) in [5, 5.41) is 0. The van der Waals surface area contributed by atoms with Gasteiger partial charge in [0.05, 0.1) is 12.4 Å². The van der Waals surface area contributed by atoms with Crippen LogP contribution >= 0.6 is 10.7 Å². The van der Waals surface area contributed by atoms with Gasteiger partial charge in [-0.15, -0.1) is 0 Å². The second kappa shape index (κ2) is 6.72. The molecule has 0 bridgehead atoms. The lowest BCUT2D eigenvalue weighted by atomic mass is 9.85. The lowest BCUT2D eigenvalue weighted by Crippen LogP contribution is -2.33. The van der Waals surface area contributed by atoms with Crippen molar-refractivity contribution in [1.29, 1.82) is 0 Å². The molecule has 0 aliphatic rings. The molecule has 0 spiro atoms. The highest BCUT2D eigenvalue weighted by atomic mass is 35.7. The molecule has 0 aliphatic carbocycles. The molecule has 20 heavy (non-hydrogen) atoms. The zero-order chi connectivity index (χ0) is 15.4. The summed E-state index contributed by atoms with van der Waals surface area (Å²) < 4.78 is 54.0. The van der Waals surface area contributed by atoms with Crippen LogP contribution in [0.4, 0.5) is 8.78 Å². The Balaban J connectivity index is 2.86. The first-order valence-corrected chi connectivity index (χ1v) is 8.69. The topological polar surface area (TPSA) is 43.4 Å². The van der Waals surface area contributed by atoms with Crippen LogP contribution in [0.5, 0.6) is 5.75 Å². The van der Waals surface area contributed by atoms with E-state index in [1.54, 1.807) is 0 Å². The summed E-state index contributed by atoms with van der Waals surface area (Å²) in [6.45, 7) is 3.66. The van der Waals surface area contributed by atoms with E-state index in [0.717, 1.165) is 18.2 Å². The van der Waals surface area contributed by atoms with Crippen molar-refractivity contribution in [2.24, 2.45) is 5.41 Å². The molecule has 0 atom stereocenters. The Morgan fingerprint density at radius 3 is 2.05 bits per heavy atom. The lowest BCUT2D eigenvalue weighted by molar-refractivity contribution is 0.154. The molecule has 0 saturated heterocycles. The summed E-state index contributed by atoms with van der Waals surface area (Å²) in [4.78, 5) is 0. The SMILES string of the molecule is CCC(CC)(COc1cc(F)cc(F)c1)CS(=O)(=O)Cl. The van der Waals surface area contributed by atoms with Crippen molar-refractivity contribution >= 4 is 19.7 Å². The van der Waals surface area contributed by atoms with Crippen LogP contribution in [0.15, 0.2) is 18.2 Å². The van der Waals surface area contributed by atoms with Gasteiger partial charge in [0.15, 0.2) is 0 Å². The summed E-state index contributed by atoms with van der Waals surface area (Å²) in [6.07, 6.45) is 1.04. The molecule has 3 nitrogen and oxygen atoms in total. The third kappa shape index (κ3) is 5.25. The van der Waals surface area contributed by atoms with Crippen LogP contribution in [-0.2, 0) is 9.05 Å². The molecule has 0 radical (unpaired) electrons. The van der Waals surface area contributed by atoms with Crippen LogP contribution in [0.3, 0.4) is 0 Å². The normalized spacial score (nSPS) is 12.4. The van der Waals surface area contributed by atoms with Gasteiger partial charge in [0, 0.05) is 34.3 Å². The third-order valence-electron chi connectivity index (χ3n) is 3.36. The predicted octanol–water partition coefficient (Wildman–Crippen LogP) is 3.72. The van der Waals surface area contributed by atoms with E-state index in [1.807, 2.05) is 13.8 Å². The van der Waals surface area contributed by atoms with Crippen molar-refractivity contribution in [1.82, 2.24) is 0 Å². The Labute approximate surface area is 122 Å². The van der Waals surface area contributed by atoms with E-state index >= 15 is 0 Å². The van der Waals surface area contributed by atoms with E-state index in [0.29, 0.717) is 12.8 Å². The summed E-state index contributed by atoms with van der Waals surface area (Å²) in [5.41, 5.74) is -0.677. The predicted molar refractivity (Wildman–Crippen MR) is 74.5 cm³/mol. The number of hydrogen-bond acceptors (Lipinski definition) is 3. The molecule has 1 aromatic carbocycles. The fourth-order valence-corrected chi connectivity index (χ4v) is 3.83. The highest BCUT2D eigenvalue weighted by molar-refractivity contribution is 8.13. The molecular weight excluding hydrogens is 310 g/mol. The molecule has 114 valence electrons. The van der Waals surface area contributed by atoms with Crippen LogP contribution < -0.4 is 4.74 Å². The van der Waals surface area contributed by atoms with E-state index in [9.17, 15) is 17.2 Å². The summed E-state index contributed by atoms with van der Waals surface area (Å²) in [6, 6.07) is 2.84. The Kier molecular flexibility index (Phi) is 5.77. The standard InChI is InChI=1S/C13H17ClF2O3S/c1-3-13(4-2,9-20(14,17)18)8-19-12-6-10(15)5-11(16)7-12/h5-7H,3-4,8-9H2,1-2H3. The maximum atomic E-state index is 13.0. The second-order valence-corrected chi connectivity index (χ2v) is 7.56. The number of hydrogen-bond donors (Lipinski definition) is 0. The van der Waals surface area contributed by atoms with Gasteiger partial charge in [-0.1, -0.05) is 13.8 Å². The van der Waals surface area contributed by atoms with Crippen molar-refractivity contribution < 1.29 is 21.9 Å². The Morgan fingerprint density at radius 1 is 1.15 bits per heavy atom. The monoisotopic (exact) mass is 326 g/mol. The van der Waals surface area contributed by atoms with Crippen molar-refractivity contribution in [2.45, 2.75) is 26.7 Å². The smallest absolute Gasteiger partial charge is 0.233 e. The molecule has 0 aliphatic heterocycles. The van der Waals surface area contributed by atoms with Crippen molar-refractivity contribution in [3.8, 4) is 5.75 Å². The van der Waals surface area contributed by atoms with Gasteiger partial charge in [0.2, 0.25) is 9.05 Å². The number of rotatable bonds is 7. The van der Waals surface area contributed by atoms with Crippen LogP contribution in [0.2, 0.25) is 0 Å². The highest BCUT2D eigenvalue weighted by Crippen LogP contribution is 2.31. The van der Waals surface area contributed by atoms with E-state index in [4.69, 9.17) is 15.4 Å². The first-order chi connectivity index (χ1) is 9.19. The minimum absolute atomic E-state index is 0.0227. The average molecular weight is 327 g/mol. The minimum atomic E-state index is -3.68. The van der Waals surface area contributed by atoms with Crippen LogP contribution in [0.25, 0.3) is 0 Å². The molecule has 0 saturated carbocycles. The number of benzene rings is 1. The first kappa shape index (κ1) is 17.2. The molecule has 0 heterocycles. The molecule has 0 aromatic heterocycles. The van der Waals surface area contributed by atoms with Crippen LogP contribution in [0, 0.1) is 17.0 Å². The first-order valence-electron chi connectivity index (χ1n) is 6.21. The van der Waals surface area contributed by atoms with Crippen LogP contribution in [0.1, 0.15) is 26.7 Å². The molecule has 1 rings (SSSR count). The molecule has 0 N–H and O–H groups in total. The maximum absolute atomic E-state index is 13.0. The largest absolute Gasteiger partial charge is 0.493 e. The van der Waals surface area contributed by atoms with Gasteiger partial charge in [-0.05, 0) is 12.8 Å². The molecular formula is C13H17ClF2O3S. The fraction of sp³-hybridized carbons (Fsp3) is 0.538. The summed E-state index contributed by atoms with van der Waals surface area (Å²) in [5.74, 6) is -1.71. The highest BCUT2D eigenvalue weighted by Gasteiger charge is 2.32. The van der Waals surface area contributed by atoms with E-state index < -0.39 is 26.1 Å². The molecule has 0 unspecified atom stereocenters. The van der Waals surface area contributed by atoms with Crippen LogP contribution in [-0.4, -0.2) is 20.8 Å². The average Bonchev–Trinajstić information content (AvgIpc) is 2.32. The lowest BCUT2D eigenvalue weighted by Gasteiger charge is -2.30. The van der Waals surface area contributed by atoms with Gasteiger partial charge in [-0.2, -0.15) is 0 Å². The third-order valence-corrected chi connectivity index (χ3v) is 4.64. The van der Waals surface area contributed by atoms with E-state index in [2.05, 4.69) is 0 Å². The maximum Gasteiger partial charge on any atom is 0.233 e. The summed E-state index contributed by atoms with van der Waals surface area (Å²) >= 11 is 0. The van der Waals surface area contributed by atoms with Gasteiger partial charge < -0.3 is 4.74 Å². The van der Waals surface area contributed by atoms with Gasteiger partial charge in [0.25, 0.3) is 0 Å². The van der Waals surface area contributed by atoms with Gasteiger partial charge in [-0.25, -0.2) is 17.2 Å². The molecule has 0 fully saturated rings. The zero-order valence-electron chi connectivity index (χ0n) is 11.3. The summed E-state index contributed by atoms with van der Waals surface area (Å²) in [7, 11) is 1.62. The van der Waals surface area contributed by atoms with Crippen molar-refractivity contribution in [3.05, 3.63) is 29.8 Å². The van der Waals surface area contributed by atoms with E-state index in [1.165, 1.54) is 0 Å². The van der Waals surface area contributed by atoms with Gasteiger partial charge >= 0.3 is 0 Å². The van der Waals surface area contributed by atoms with E-state index in [-0.39, 0.29) is 18.1 Å². The number of halogens is 3. The second-order valence-electron chi connectivity index (χ2n) is 4.78. The van der Waals surface area contributed by atoms with Crippen molar-refractivity contribution in [3.63, 3.8) is 0 Å². The van der Waals surface area contributed by atoms with Gasteiger partial charge in [-0.3, -0.25) is 0 Å². The zero-order valence-corrected chi connectivity index (χ0v) is 12.9. The Hall–Kier alpha value is -0.880. The van der Waals surface area contributed by atoms with Gasteiger partial charge in [0.1, 0.15) is 17.4 Å². The minimum Gasteiger partial charge on any atom is -0.493 e. The fourth-order valence-electron chi connectivity index (χ4n) is 1.91. The van der Waals surface area contributed by atoms with Crippen molar-refractivity contribution in [2.75, 3.05) is 12.4 Å². The Morgan fingerprint density at radius 2 is 1.65 bits per heavy atom.